The third-order valence-corrected chi connectivity index (χ3v) is 4.00. The Kier molecular flexibility index (Phi) is 3.85. The van der Waals surface area contributed by atoms with Crippen molar-refractivity contribution in [2.45, 2.75) is 13.5 Å². The fraction of sp³-hybridized carbons (Fsp3) is 0.158. The van der Waals surface area contributed by atoms with Gasteiger partial charge < -0.3 is 19.2 Å². The molecule has 1 amide bonds. The fourth-order valence-electron chi connectivity index (χ4n) is 2.71. The molecule has 1 aromatic carbocycles. The highest BCUT2D eigenvalue weighted by Gasteiger charge is 2.12. The normalized spacial score (nSPS) is 12.8. The first-order chi connectivity index (χ1) is 12.2. The van der Waals surface area contributed by atoms with Gasteiger partial charge in [0.15, 0.2) is 11.5 Å². The molecule has 2 aromatic heterocycles. The van der Waals surface area contributed by atoms with E-state index in [1.807, 2.05) is 54.0 Å². The summed E-state index contributed by atoms with van der Waals surface area (Å²) in [6.07, 6.45) is 7.11. The maximum Gasteiger partial charge on any atom is 0.244 e. The first-order valence-corrected chi connectivity index (χ1v) is 7.98. The van der Waals surface area contributed by atoms with Crippen LogP contribution in [0, 0.1) is 6.92 Å². The molecule has 1 aliphatic rings. The lowest BCUT2D eigenvalue weighted by atomic mass is 10.2. The van der Waals surface area contributed by atoms with Crippen molar-refractivity contribution in [1.29, 1.82) is 0 Å². The maximum atomic E-state index is 12.0. The fourth-order valence-corrected chi connectivity index (χ4v) is 2.71. The Morgan fingerprint density at radius 3 is 3.08 bits per heavy atom. The van der Waals surface area contributed by atoms with E-state index in [-0.39, 0.29) is 12.7 Å². The van der Waals surface area contributed by atoms with Crippen molar-refractivity contribution in [1.82, 2.24) is 14.7 Å². The molecule has 1 aliphatic heterocycles. The van der Waals surface area contributed by atoms with Gasteiger partial charge in [-0.2, -0.15) is 0 Å². The monoisotopic (exact) mass is 335 g/mol. The SMILES string of the molecule is Cc1cccn2cc(CNC(=O)/C=C/c3ccc4c(c3)OCO4)nc12. The third kappa shape index (κ3) is 3.19. The van der Waals surface area contributed by atoms with Crippen LogP contribution in [0.15, 0.2) is 48.8 Å². The molecule has 3 aromatic rings. The highest BCUT2D eigenvalue weighted by atomic mass is 16.7. The second kappa shape index (κ2) is 6.32. The van der Waals surface area contributed by atoms with E-state index in [1.54, 1.807) is 6.08 Å². The number of pyridine rings is 1. The van der Waals surface area contributed by atoms with Crippen LogP contribution < -0.4 is 14.8 Å². The number of aromatic nitrogens is 2. The van der Waals surface area contributed by atoms with Gasteiger partial charge in [-0.1, -0.05) is 12.1 Å². The van der Waals surface area contributed by atoms with Crippen molar-refractivity contribution in [3.63, 3.8) is 0 Å². The van der Waals surface area contributed by atoms with Crippen molar-refractivity contribution >= 4 is 17.6 Å². The quantitative estimate of drug-likeness (QED) is 0.745. The zero-order valence-electron chi connectivity index (χ0n) is 13.7. The molecule has 1 N–H and O–H groups in total. The molecule has 0 saturated heterocycles. The maximum absolute atomic E-state index is 12.0. The summed E-state index contributed by atoms with van der Waals surface area (Å²) in [5.74, 6) is 1.25. The van der Waals surface area contributed by atoms with E-state index in [0.29, 0.717) is 12.3 Å². The van der Waals surface area contributed by atoms with Crippen LogP contribution in [0.4, 0.5) is 0 Å². The molecule has 0 aliphatic carbocycles. The van der Waals surface area contributed by atoms with E-state index in [1.165, 1.54) is 6.08 Å². The summed E-state index contributed by atoms with van der Waals surface area (Å²) in [6, 6.07) is 9.54. The smallest absolute Gasteiger partial charge is 0.244 e. The molecule has 25 heavy (non-hydrogen) atoms. The van der Waals surface area contributed by atoms with Crippen LogP contribution in [0.1, 0.15) is 16.8 Å². The Bertz CT molecular complexity index is 975. The molecule has 0 bridgehead atoms. The number of hydrogen-bond acceptors (Lipinski definition) is 4. The molecule has 126 valence electrons. The lowest BCUT2D eigenvalue weighted by Crippen LogP contribution is -2.20. The van der Waals surface area contributed by atoms with Crippen molar-refractivity contribution < 1.29 is 14.3 Å². The van der Waals surface area contributed by atoms with E-state index < -0.39 is 0 Å². The number of hydrogen-bond donors (Lipinski definition) is 1. The minimum Gasteiger partial charge on any atom is -0.454 e. The molecular formula is C19H17N3O3. The van der Waals surface area contributed by atoms with Gasteiger partial charge in [-0.15, -0.1) is 0 Å². The Morgan fingerprint density at radius 1 is 1.32 bits per heavy atom. The summed E-state index contributed by atoms with van der Waals surface area (Å²) >= 11 is 0. The van der Waals surface area contributed by atoms with Gasteiger partial charge in [0.25, 0.3) is 0 Å². The lowest BCUT2D eigenvalue weighted by Gasteiger charge is -1.99. The van der Waals surface area contributed by atoms with Crippen molar-refractivity contribution in [2.24, 2.45) is 0 Å². The first kappa shape index (κ1) is 15.3. The number of benzene rings is 1. The second-order valence-electron chi connectivity index (χ2n) is 5.82. The number of ether oxygens (including phenoxy) is 2. The average Bonchev–Trinajstić information content (AvgIpc) is 3.24. The van der Waals surface area contributed by atoms with Gasteiger partial charge in [-0.3, -0.25) is 4.79 Å². The summed E-state index contributed by atoms with van der Waals surface area (Å²) in [5, 5.41) is 2.84. The van der Waals surface area contributed by atoms with Crippen molar-refractivity contribution in [3.8, 4) is 11.5 Å². The van der Waals surface area contributed by atoms with E-state index in [4.69, 9.17) is 9.47 Å². The van der Waals surface area contributed by atoms with Gasteiger partial charge in [0.1, 0.15) is 5.65 Å². The molecule has 6 nitrogen and oxygen atoms in total. The van der Waals surface area contributed by atoms with Crippen LogP contribution in [0.25, 0.3) is 11.7 Å². The molecule has 0 atom stereocenters. The average molecular weight is 335 g/mol. The van der Waals surface area contributed by atoms with Gasteiger partial charge in [0.2, 0.25) is 12.7 Å². The largest absolute Gasteiger partial charge is 0.454 e. The highest BCUT2D eigenvalue weighted by Crippen LogP contribution is 2.32. The van der Waals surface area contributed by atoms with Crippen LogP contribution >= 0.6 is 0 Å². The molecule has 0 radical (unpaired) electrons. The molecular weight excluding hydrogens is 318 g/mol. The zero-order chi connectivity index (χ0) is 17.2. The molecule has 0 saturated carbocycles. The van der Waals surface area contributed by atoms with Crippen molar-refractivity contribution in [3.05, 3.63) is 65.6 Å². The molecule has 4 rings (SSSR count). The Hall–Kier alpha value is -3.28. The standard InChI is InChI=1S/C19H17N3O3/c1-13-3-2-8-22-11-15(21-19(13)22)10-20-18(23)7-5-14-4-6-16-17(9-14)25-12-24-16/h2-9,11H,10,12H2,1H3,(H,20,23)/b7-5+. The summed E-state index contributed by atoms with van der Waals surface area (Å²) in [4.78, 5) is 16.6. The van der Waals surface area contributed by atoms with E-state index in [9.17, 15) is 4.79 Å². The predicted octanol–water partition coefficient (Wildman–Crippen LogP) is 2.70. The lowest BCUT2D eigenvalue weighted by molar-refractivity contribution is -0.116. The van der Waals surface area contributed by atoms with E-state index in [0.717, 1.165) is 28.2 Å². The van der Waals surface area contributed by atoms with Gasteiger partial charge >= 0.3 is 0 Å². The van der Waals surface area contributed by atoms with Crippen LogP contribution in [-0.2, 0) is 11.3 Å². The Labute approximate surface area is 144 Å². The number of carbonyl (C=O) groups is 1. The van der Waals surface area contributed by atoms with E-state index in [2.05, 4.69) is 10.3 Å². The number of imidazole rings is 1. The number of amides is 1. The number of rotatable bonds is 4. The van der Waals surface area contributed by atoms with Gasteiger partial charge in [0, 0.05) is 18.5 Å². The minimum atomic E-state index is -0.175. The summed E-state index contributed by atoms with van der Waals surface area (Å²) in [6.45, 7) is 2.63. The topological polar surface area (TPSA) is 64.9 Å². The Morgan fingerprint density at radius 2 is 2.20 bits per heavy atom. The molecule has 3 heterocycles. The van der Waals surface area contributed by atoms with Crippen LogP contribution in [0.5, 0.6) is 11.5 Å². The molecule has 6 heteroatoms. The Balaban J connectivity index is 1.39. The van der Waals surface area contributed by atoms with Gasteiger partial charge in [-0.05, 0) is 42.3 Å². The highest BCUT2D eigenvalue weighted by molar-refractivity contribution is 5.91. The van der Waals surface area contributed by atoms with Crippen LogP contribution in [0.3, 0.4) is 0 Å². The van der Waals surface area contributed by atoms with Gasteiger partial charge in [0.05, 0.1) is 12.2 Å². The molecule has 0 spiro atoms. The minimum absolute atomic E-state index is 0.175. The van der Waals surface area contributed by atoms with E-state index >= 15 is 0 Å². The number of nitrogens with one attached hydrogen (secondary N) is 1. The summed E-state index contributed by atoms with van der Waals surface area (Å²) in [5.41, 5.74) is 3.70. The summed E-state index contributed by atoms with van der Waals surface area (Å²) < 4.78 is 12.5. The zero-order valence-corrected chi connectivity index (χ0v) is 13.7. The van der Waals surface area contributed by atoms with Crippen LogP contribution in [0.2, 0.25) is 0 Å². The van der Waals surface area contributed by atoms with Crippen molar-refractivity contribution in [2.75, 3.05) is 6.79 Å². The number of fused-ring (bicyclic) bond motifs is 2. The molecule has 0 unspecified atom stereocenters. The van der Waals surface area contributed by atoms with Crippen LogP contribution in [-0.4, -0.2) is 22.1 Å². The number of aryl methyl sites for hydroxylation is 1. The predicted molar refractivity (Wildman–Crippen MR) is 93.4 cm³/mol. The third-order valence-electron chi connectivity index (χ3n) is 4.00. The number of nitrogens with zero attached hydrogens (tertiary/aromatic N) is 2. The number of carbonyl (C=O) groups excluding carboxylic acids is 1. The summed E-state index contributed by atoms with van der Waals surface area (Å²) in [7, 11) is 0. The second-order valence-corrected chi connectivity index (χ2v) is 5.82. The van der Waals surface area contributed by atoms with Gasteiger partial charge in [-0.25, -0.2) is 4.98 Å². The first-order valence-electron chi connectivity index (χ1n) is 7.98. The molecule has 0 fully saturated rings.